The molecule has 2 nitrogen and oxygen atoms in total. The average Bonchev–Trinajstić information content (AvgIpc) is 2.08. The van der Waals surface area contributed by atoms with E-state index in [-0.39, 0.29) is 5.82 Å². The van der Waals surface area contributed by atoms with E-state index in [4.69, 9.17) is 0 Å². The van der Waals surface area contributed by atoms with Crippen LogP contribution in [0.15, 0.2) is 16.6 Å². The van der Waals surface area contributed by atoms with E-state index in [2.05, 4.69) is 15.9 Å². The Morgan fingerprint density at radius 3 is 2.07 bits per heavy atom. The molecular weight excluding hydrogens is 247 g/mol. The van der Waals surface area contributed by atoms with Crippen LogP contribution in [0.5, 0.6) is 0 Å². The zero-order valence-electron chi connectivity index (χ0n) is 8.81. The standard InChI is InChI=1S/C10H14BrFN2/c1-13(2)7-5-8(12)10(11)9(6-7)14(3)4/h5-6H,1-4H3. The van der Waals surface area contributed by atoms with Crippen LogP contribution >= 0.6 is 15.9 Å². The molecule has 0 N–H and O–H groups in total. The Hall–Kier alpha value is -0.770. The summed E-state index contributed by atoms with van der Waals surface area (Å²) < 4.78 is 14.0. The third-order valence-corrected chi connectivity index (χ3v) is 2.78. The first-order valence-corrected chi connectivity index (χ1v) is 5.06. The zero-order valence-corrected chi connectivity index (χ0v) is 10.4. The molecule has 78 valence electrons. The second-order valence-electron chi connectivity index (χ2n) is 3.55. The molecule has 0 spiro atoms. The monoisotopic (exact) mass is 260 g/mol. The van der Waals surface area contributed by atoms with Crippen LogP contribution in [-0.4, -0.2) is 28.2 Å². The van der Waals surface area contributed by atoms with Crippen LogP contribution in [0, 0.1) is 5.82 Å². The number of rotatable bonds is 2. The first kappa shape index (κ1) is 11.3. The van der Waals surface area contributed by atoms with Crippen LogP contribution in [0.25, 0.3) is 0 Å². The molecule has 0 radical (unpaired) electrons. The van der Waals surface area contributed by atoms with E-state index in [0.717, 1.165) is 11.4 Å². The van der Waals surface area contributed by atoms with E-state index in [1.165, 1.54) is 6.07 Å². The van der Waals surface area contributed by atoms with Crippen molar-refractivity contribution in [2.24, 2.45) is 0 Å². The summed E-state index contributed by atoms with van der Waals surface area (Å²) in [6.45, 7) is 0. The Labute approximate surface area is 92.4 Å². The minimum atomic E-state index is -0.236. The van der Waals surface area contributed by atoms with Crippen molar-refractivity contribution in [1.29, 1.82) is 0 Å². The lowest BCUT2D eigenvalue weighted by Gasteiger charge is -2.19. The molecule has 0 saturated heterocycles. The van der Waals surface area contributed by atoms with Crippen molar-refractivity contribution in [2.45, 2.75) is 0 Å². The second-order valence-corrected chi connectivity index (χ2v) is 4.34. The van der Waals surface area contributed by atoms with Crippen LogP contribution in [0.3, 0.4) is 0 Å². The van der Waals surface area contributed by atoms with Crippen LogP contribution in [0.1, 0.15) is 0 Å². The van der Waals surface area contributed by atoms with E-state index in [1.54, 1.807) is 0 Å². The number of anilines is 2. The Bertz CT molecular complexity index is 337. The first-order chi connectivity index (χ1) is 6.43. The Balaban J connectivity index is 3.28. The average molecular weight is 261 g/mol. The van der Waals surface area contributed by atoms with Gasteiger partial charge in [0, 0.05) is 33.9 Å². The van der Waals surface area contributed by atoms with Gasteiger partial charge >= 0.3 is 0 Å². The molecule has 1 aromatic carbocycles. The highest BCUT2D eigenvalue weighted by Gasteiger charge is 2.10. The molecule has 4 heteroatoms. The van der Waals surface area contributed by atoms with Gasteiger partial charge in [-0.3, -0.25) is 0 Å². The lowest BCUT2D eigenvalue weighted by atomic mass is 10.2. The second kappa shape index (κ2) is 4.17. The van der Waals surface area contributed by atoms with Crippen LogP contribution in [0.2, 0.25) is 0 Å². The van der Waals surface area contributed by atoms with Crippen LogP contribution in [0.4, 0.5) is 15.8 Å². The van der Waals surface area contributed by atoms with Crippen molar-refractivity contribution in [2.75, 3.05) is 38.0 Å². The molecule has 14 heavy (non-hydrogen) atoms. The summed E-state index contributed by atoms with van der Waals surface area (Å²) in [5.74, 6) is -0.236. The molecule has 1 rings (SSSR count). The van der Waals surface area contributed by atoms with Crippen molar-refractivity contribution in [3.63, 3.8) is 0 Å². The molecule has 0 aliphatic carbocycles. The third kappa shape index (κ3) is 2.18. The highest BCUT2D eigenvalue weighted by molar-refractivity contribution is 9.10. The summed E-state index contributed by atoms with van der Waals surface area (Å²) in [5, 5.41) is 0. The molecule has 0 atom stereocenters. The van der Waals surface area contributed by atoms with Gasteiger partial charge < -0.3 is 9.80 Å². The Morgan fingerprint density at radius 1 is 1.07 bits per heavy atom. The molecule has 0 fully saturated rings. The molecule has 0 saturated carbocycles. The van der Waals surface area contributed by atoms with Gasteiger partial charge in [-0.2, -0.15) is 0 Å². The summed E-state index contributed by atoms with van der Waals surface area (Å²) in [6.07, 6.45) is 0. The van der Waals surface area contributed by atoms with E-state index in [9.17, 15) is 4.39 Å². The third-order valence-electron chi connectivity index (χ3n) is 1.99. The normalized spacial score (nSPS) is 10.1. The van der Waals surface area contributed by atoms with Gasteiger partial charge in [0.05, 0.1) is 10.2 Å². The van der Waals surface area contributed by atoms with Crippen molar-refractivity contribution in [3.8, 4) is 0 Å². The lowest BCUT2D eigenvalue weighted by molar-refractivity contribution is 0.620. The largest absolute Gasteiger partial charge is 0.378 e. The molecule has 0 bridgehead atoms. The minimum Gasteiger partial charge on any atom is -0.378 e. The first-order valence-electron chi connectivity index (χ1n) is 4.27. The van der Waals surface area contributed by atoms with E-state index >= 15 is 0 Å². The molecule has 0 aliphatic rings. The number of hydrogen-bond acceptors (Lipinski definition) is 2. The summed E-state index contributed by atoms with van der Waals surface area (Å²) in [5.41, 5.74) is 1.70. The Morgan fingerprint density at radius 2 is 1.64 bits per heavy atom. The quantitative estimate of drug-likeness (QED) is 0.807. The summed E-state index contributed by atoms with van der Waals surface area (Å²) in [6, 6.07) is 3.45. The van der Waals surface area contributed by atoms with Gasteiger partial charge in [0.15, 0.2) is 0 Å². The van der Waals surface area contributed by atoms with Gasteiger partial charge in [0.1, 0.15) is 5.82 Å². The fourth-order valence-electron chi connectivity index (χ4n) is 1.14. The van der Waals surface area contributed by atoms with Crippen molar-refractivity contribution in [3.05, 3.63) is 22.4 Å². The maximum atomic E-state index is 13.5. The van der Waals surface area contributed by atoms with Gasteiger partial charge in [0.25, 0.3) is 0 Å². The lowest BCUT2D eigenvalue weighted by Crippen LogP contribution is -2.13. The predicted octanol–water partition coefficient (Wildman–Crippen LogP) is 2.72. The smallest absolute Gasteiger partial charge is 0.141 e. The van der Waals surface area contributed by atoms with Crippen molar-refractivity contribution in [1.82, 2.24) is 0 Å². The fourth-order valence-corrected chi connectivity index (χ4v) is 1.73. The SMILES string of the molecule is CN(C)c1cc(F)c(Br)c(N(C)C)c1. The van der Waals surface area contributed by atoms with Gasteiger partial charge in [-0.25, -0.2) is 4.39 Å². The molecule has 0 aromatic heterocycles. The number of halogens is 2. The highest BCUT2D eigenvalue weighted by Crippen LogP contribution is 2.31. The molecular formula is C10H14BrFN2. The van der Waals surface area contributed by atoms with Crippen molar-refractivity contribution >= 4 is 27.3 Å². The van der Waals surface area contributed by atoms with Gasteiger partial charge in [-0.05, 0) is 28.1 Å². The van der Waals surface area contributed by atoms with Gasteiger partial charge in [0.2, 0.25) is 0 Å². The number of hydrogen-bond donors (Lipinski definition) is 0. The van der Waals surface area contributed by atoms with E-state index < -0.39 is 0 Å². The van der Waals surface area contributed by atoms with Crippen LogP contribution < -0.4 is 9.80 Å². The van der Waals surface area contributed by atoms with Gasteiger partial charge in [-0.15, -0.1) is 0 Å². The van der Waals surface area contributed by atoms with E-state index in [1.807, 2.05) is 44.1 Å². The Kier molecular flexibility index (Phi) is 3.37. The van der Waals surface area contributed by atoms with Crippen LogP contribution in [-0.2, 0) is 0 Å². The minimum absolute atomic E-state index is 0.236. The molecule has 0 amide bonds. The summed E-state index contributed by atoms with van der Waals surface area (Å²) in [7, 11) is 7.56. The van der Waals surface area contributed by atoms with Crippen molar-refractivity contribution < 1.29 is 4.39 Å². The zero-order chi connectivity index (χ0) is 10.9. The summed E-state index contributed by atoms with van der Waals surface area (Å²) >= 11 is 3.23. The topological polar surface area (TPSA) is 6.48 Å². The maximum absolute atomic E-state index is 13.5. The highest BCUT2D eigenvalue weighted by atomic mass is 79.9. The molecule has 1 aromatic rings. The fraction of sp³-hybridized carbons (Fsp3) is 0.400. The van der Waals surface area contributed by atoms with Gasteiger partial charge in [-0.1, -0.05) is 0 Å². The maximum Gasteiger partial charge on any atom is 0.141 e. The molecule has 0 aliphatic heterocycles. The predicted molar refractivity (Wildman–Crippen MR) is 62.8 cm³/mol. The number of benzene rings is 1. The summed E-state index contributed by atoms with van der Waals surface area (Å²) in [4.78, 5) is 3.75. The molecule has 0 unspecified atom stereocenters. The van der Waals surface area contributed by atoms with E-state index in [0.29, 0.717) is 4.47 Å². The number of nitrogens with zero attached hydrogens (tertiary/aromatic N) is 2. The molecule has 0 heterocycles.